The number of halogens is 1. The zero-order valence-corrected chi connectivity index (χ0v) is 17.7. The number of aromatic amines is 1. The lowest BCUT2D eigenvalue weighted by molar-refractivity contribution is 0.0953. The molecule has 0 saturated carbocycles. The summed E-state index contributed by atoms with van der Waals surface area (Å²) in [7, 11) is -4.06. The molecule has 0 aliphatic heterocycles. The molecule has 11 heteroatoms. The number of aromatic nitrogens is 3. The Bertz CT molecular complexity index is 1220. The van der Waals surface area contributed by atoms with Crippen LogP contribution < -0.4 is 10.0 Å². The molecule has 0 aliphatic rings. The number of nitrogens with zero attached hydrogens (tertiary/aromatic N) is 2. The van der Waals surface area contributed by atoms with Crippen LogP contribution in [0.3, 0.4) is 0 Å². The molecule has 0 aliphatic carbocycles. The standard InChI is InChI=1S/C19H20FN5O3S2/c1-2-25-17(22-23-19(25)29)10-11-21-18(26)13-6-5-7-14(12-13)30(27,28)24-16-9-4-3-8-15(16)20/h3-9,12,24H,2,10-11H2,1H3,(H,21,26)(H,23,29). The summed E-state index contributed by atoms with van der Waals surface area (Å²) in [6.07, 6.45) is 0.458. The van der Waals surface area contributed by atoms with Gasteiger partial charge in [0.2, 0.25) is 0 Å². The van der Waals surface area contributed by atoms with Gasteiger partial charge in [-0.25, -0.2) is 12.8 Å². The number of para-hydroxylation sites is 1. The Morgan fingerprint density at radius 2 is 2.00 bits per heavy atom. The molecule has 158 valence electrons. The van der Waals surface area contributed by atoms with Gasteiger partial charge in [-0.15, -0.1) is 0 Å². The SMILES string of the molecule is CCn1c(CCNC(=O)c2cccc(S(=O)(=O)Nc3ccccc3F)c2)n[nH]c1=S. The Labute approximate surface area is 178 Å². The van der Waals surface area contributed by atoms with Gasteiger partial charge >= 0.3 is 0 Å². The van der Waals surface area contributed by atoms with Gasteiger partial charge in [0.05, 0.1) is 10.6 Å². The molecule has 0 radical (unpaired) electrons. The molecular formula is C19H20FN5O3S2. The van der Waals surface area contributed by atoms with Gasteiger partial charge < -0.3 is 9.88 Å². The number of amides is 1. The van der Waals surface area contributed by atoms with E-state index >= 15 is 0 Å². The number of nitrogens with one attached hydrogen (secondary N) is 3. The number of anilines is 1. The van der Waals surface area contributed by atoms with Gasteiger partial charge in [-0.05, 0) is 49.5 Å². The molecule has 3 aromatic rings. The van der Waals surface area contributed by atoms with Crippen molar-refractivity contribution in [1.29, 1.82) is 0 Å². The molecule has 30 heavy (non-hydrogen) atoms. The molecule has 0 saturated heterocycles. The smallest absolute Gasteiger partial charge is 0.262 e. The van der Waals surface area contributed by atoms with E-state index < -0.39 is 21.7 Å². The van der Waals surface area contributed by atoms with Crippen LogP contribution >= 0.6 is 12.2 Å². The van der Waals surface area contributed by atoms with Gasteiger partial charge in [0.25, 0.3) is 15.9 Å². The van der Waals surface area contributed by atoms with E-state index in [1.54, 1.807) is 0 Å². The minimum atomic E-state index is -4.06. The second-order valence-corrected chi connectivity index (χ2v) is 8.38. The van der Waals surface area contributed by atoms with Gasteiger partial charge in [-0.2, -0.15) is 5.10 Å². The molecule has 0 bridgehead atoms. The van der Waals surface area contributed by atoms with Crippen molar-refractivity contribution in [1.82, 2.24) is 20.1 Å². The third-order valence-electron chi connectivity index (χ3n) is 4.31. The molecule has 1 aromatic heterocycles. The van der Waals surface area contributed by atoms with Crippen molar-refractivity contribution in [2.24, 2.45) is 0 Å². The van der Waals surface area contributed by atoms with Crippen LogP contribution in [0.5, 0.6) is 0 Å². The summed E-state index contributed by atoms with van der Waals surface area (Å²) in [4.78, 5) is 12.3. The van der Waals surface area contributed by atoms with Crippen LogP contribution in [0.25, 0.3) is 0 Å². The van der Waals surface area contributed by atoms with Gasteiger partial charge in [-0.3, -0.25) is 14.6 Å². The molecule has 1 amide bonds. The minimum Gasteiger partial charge on any atom is -0.352 e. The summed E-state index contributed by atoms with van der Waals surface area (Å²) in [6, 6.07) is 11.0. The Hall–Kier alpha value is -3.05. The van der Waals surface area contributed by atoms with Gasteiger partial charge in [0.15, 0.2) is 4.77 Å². The van der Waals surface area contributed by atoms with Gasteiger partial charge in [0.1, 0.15) is 11.6 Å². The summed E-state index contributed by atoms with van der Waals surface area (Å²) in [5.41, 5.74) is -0.00235. The van der Waals surface area contributed by atoms with Crippen molar-refractivity contribution in [3.8, 4) is 0 Å². The fourth-order valence-corrected chi connectivity index (χ4v) is 4.20. The van der Waals surface area contributed by atoms with E-state index in [-0.39, 0.29) is 16.1 Å². The number of rotatable bonds is 8. The zero-order chi connectivity index (χ0) is 21.7. The minimum absolute atomic E-state index is 0.148. The highest BCUT2D eigenvalue weighted by Gasteiger charge is 2.18. The van der Waals surface area contributed by atoms with Crippen molar-refractivity contribution in [2.75, 3.05) is 11.3 Å². The number of benzene rings is 2. The average molecular weight is 450 g/mol. The summed E-state index contributed by atoms with van der Waals surface area (Å²) in [5.74, 6) is -0.414. The molecule has 2 aromatic carbocycles. The lowest BCUT2D eigenvalue weighted by Crippen LogP contribution is -2.27. The largest absolute Gasteiger partial charge is 0.352 e. The predicted octanol–water partition coefficient (Wildman–Crippen LogP) is 2.87. The summed E-state index contributed by atoms with van der Waals surface area (Å²) < 4.78 is 43.4. The predicted molar refractivity (Wildman–Crippen MR) is 113 cm³/mol. The van der Waals surface area contributed by atoms with Crippen LogP contribution in [0, 0.1) is 10.6 Å². The van der Waals surface area contributed by atoms with Gasteiger partial charge in [-0.1, -0.05) is 18.2 Å². The third kappa shape index (κ3) is 4.92. The number of hydrogen-bond donors (Lipinski definition) is 3. The van der Waals surface area contributed by atoms with Crippen molar-refractivity contribution >= 4 is 33.8 Å². The number of H-pyrrole nitrogens is 1. The molecule has 0 unspecified atom stereocenters. The Morgan fingerprint density at radius 1 is 1.23 bits per heavy atom. The van der Waals surface area contributed by atoms with Crippen LogP contribution in [0.2, 0.25) is 0 Å². The highest BCUT2D eigenvalue weighted by atomic mass is 32.2. The molecule has 0 spiro atoms. The van der Waals surface area contributed by atoms with Crippen molar-refractivity contribution < 1.29 is 17.6 Å². The number of hydrogen-bond acceptors (Lipinski definition) is 5. The lowest BCUT2D eigenvalue weighted by Gasteiger charge is -2.10. The second kappa shape index (κ2) is 9.18. The maximum atomic E-state index is 13.8. The van der Waals surface area contributed by atoms with Crippen molar-refractivity contribution in [3.05, 3.63) is 70.5 Å². The van der Waals surface area contributed by atoms with E-state index in [0.29, 0.717) is 30.1 Å². The summed E-state index contributed by atoms with van der Waals surface area (Å²) in [5, 5.41) is 9.56. The van der Waals surface area contributed by atoms with E-state index in [9.17, 15) is 17.6 Å². The second-order valence-electron chi connectivity index (χ2n) is 6.31. The normalized spacial score (nSPS) is 11.3. The lowest BCUT2D eigenvalue weighted by atomic mass is 10.2. The van der Waals surface area contributed by atoms with E-state index in [2.05, 4.69) is 20.2 Å². The maximum Gasteiger partial charge on any atom is 0.262 e. The first-order valence-corrected chi connectivity index (χ1v) is 11.0. The van der Waals surface area contributed by atoms with Crippen molar-refractivity contribution in [3.63, 3.8) is 0 Å². The van der Waals surface area contributed by atoms with Crippen LogP contribution in [0.4, 0.5) is 10.1 Å². The molecule has 3 rings (SSSR count). The highest BCUT2D eigenvalue weighted by molar-refractivity contribution is 7.92. The maximum absolute atomic E-state index is 13.8. The number of carbonyl (C=O) groups is 1. The quantitative estimate of drug-likeness (QED) is 0.458. The third-order valence-corrected chi connectivity index (χ3v) is 5.99. The first kappa shape index (κ1) is 21.7. The molecule has 3 N–H and O–H groups in total. The molecule has 1 heterocycles. The molecular weight excluding hydrogens is 429 g/mol. The fourth-order valence-electron chi connectivity index (χ4n) is 2.81. The van der Waals surface area contributed by atoms with E-state index in [1.807, 2.05) is 11.5 Å². The number of carbonyl (C=O) groups excluding carboxylic acids is 1. The van der Waals surface area contributed by atoms with E-state index in [0.717, 1.165) is 6.07 Å². The molecule has 0 fully saturated rings. The first-order chi connectivity index (χ1) is 14.3. The van der Waals surface area contributed by atoms with Crippen LogP contribution in [-0.2, 0) is 23.0 Å². The Morgan fingerprint density at radius 3 is 2.73 bits per heavy atom. The van der Waals surface area contributed by atoms with Crippen molar-refractivity contribution in [2.45, 2.75) is 24.8 Å². The topological polar surface area (TPSA) is 109 Å². The van der Waals surface area contributed by atoms with Crippen LogP contribution in [0.1, 0.15) is 23.1 Å². The summed E-state index contributed by atoms with van der Waals surface area (Å²) >= 11 is 5.13. The first-order valence-electron chi connectivity index (χ1n) is 9.11. The van der Waals surface area contributed by atoms with E-state index in [4.69, 9.17) is 12.2 Å². The monoisotopic (exact) mass is 449 g/mol. The van der Waals surface area contributed by atoms with Crippen LogP contribution in [0.15, 0.2) is 53.4 Å². The Balaban J connectivity index is 1.69. The Kier molecular flexibility index (Phi) is 6.63. The average Bonchev–Trinajstić information content (AvgIpc) is 3.09. The zero-order valence-electron chi connectivity index (χ0n) is 16.1. The summed E-state index contributed by atoms with van der Waals surface area (Å²) in [6.45, 7) is 2.89. The molecule has 0 atom stereocenters. The highest BCUT2D eigenvalue weighted by Crippen LogP contribution is 2.19. The molecule has 8 nitrogen and oxygen atoms in total. The van der Waals surface area contributed by atoms with Gasteiger partial charge in [0, 0.05) is 25.1 Å². The fraction of sp³-hybridized carbons (Fsp3) is 0.211. The van der Waals surface area contributed by atoms with E-state index in [1.165, 1.54) is 42.5 Å². The number of sulfonamides is 1. The van der Waals surface area contributed by atoms with Crippen LogP contribution in [-0.4, -0.2) is 35.6 Å².